The minimum Gasteiger partial charge on any atom is -0.495 e. The van der Waals surface area contributed by atoms with Crippen molar-refractivity contribution >= 4 is 64.1 Å². The van der Waals surface area contributed by atoms with Crippen LogP contribution in [0.5, 0.6) is 5.75 Å². The highest BCUT2D eigenvalue weighted by atomic mass is 35.5. The number of ether oxygens (including phenoxy) is 1. The summed E-state index contributed by atoms with van der Waals surface area (Å²) in [6.07, 6.45) is 0.461. The normalized spacial score (nSPS) is 10.7. The lowest BCUT2D eigenvalue weighted by Gasteiger charge is -2.10. The standard InChI is InChI=1S/C21H20Cl3N5O3S/c1-29-18(7-8-25-20(31)12-3-5-14(23)15(24)9-12)27-28-21(29)33-11-19(30)26-16-10-13(22)4-6-17(16)32-2/h3-6,9-10H,7-8,11H2,1-2H3,(H,25,31)(H,26,30). The van der Waals surface area contributed by atoms with Gasteiger partial charge in [0.25, 0.3) is 5.91 Å². The Balaban J connectivity index is 1.50. The Hall–Kier alpha value is -2.46. The predicted octanol–water partition coefficient (Wildman–Crippen LogP) is 4.49. The molecule has 0 saturated heterocycles. The Bertz CT molecular complexity index is 1170. The highest BCUT2D eigenvalue weighted by Gasteiger charge is 2.14. The van der Waals surface area contributed by atoms with Crippen LogP contribution in [0, 0.1) is 0 Å². The van der Waals surface area contributed by atoms with E-state index in [1.165, 1.54) is 24.9 Å². The summed E-state index contributed by atoms with van der Waals surface area (Å²) in [6.45, 7) is 0.352. The molecule has 0 bridgehead atoms. The van der Waals surface area contributed by atoms with Gasteiger partial charge in [0.2, 0.25) is 5.91 Å². The van der Waals surface area contributed by atoms with Gasteiger partial charge in [-0.1, -0.05) is 46.6 Å². The molecule has 33 heavy (non-hydrogen) atoms. The van der Waals surface area contributed by atoms with Crippen LogP contribution >= 0.6 is 46.6 Å². The van der Waals surface area contributed by atoms with Gasteiger partial charge in [-0.05, 0) is 36.4 Å². The number of hydrogen-bond donors (Lipinski definition) is 2. The molecule has 2 N–H and O–H groups in total. The fourth-order valence-electron chi connectivity index (χ4n) is 2.81. The zero-order valence-corrected chi connectivity index (χ0v) is 20.8. The zero-order valence-electron chi connectivity index (χ0n) is 17.7. The maximum atomic E-state index is 12.4. The summed E-state index contributed by atoms with van der Waals surface area (Å²) in [6, 6.07) is 9.67. The third kappa shape index (κ3) is 6.77. The lowest BCUT2D eigenvalue weighted by molar-refractivity contribution is -0.113. The smallest absolute Gasteiger partial charge is 0.251 e. The summed E-state index contributed by atoms with van der Waals surface area (Å²) >= 11 is 19.1. The van der Waals surface area contributed by atoms with E-state index in [0.717, 1.165) is 0 Å². The molecule has 3 aromatic rings. The van der Waals surface area contributed by atoms with Crippen LogP contribution in [0.3, 0.4) is 0 Å². The van der Waals surface area contributed by atoms with E-state index in [0.29, 0.717) is 56.0 Å². The van der Waals surface area contributed by atoms with Crippen LogP contribution in [0.1, 0.15) is 16.2 Å². The van der Waals surface area contributed by atoms with Crippen LogP contribution in [-0.4, -0.2) is 46.0 Å². The van der Waals surface area contributed by atoms with E-state index in [4.69, 9.17) is 39.5 Å². The van der Waals surface area contributed by atoms with Crippen molar-refractivity contribution in [2.24, 2.45) is 7.05 Å². The number of nitrogens with one attached hydrogen (secondary N) is 2. The fraction of sp³-hybridized carbons (Fsp3) is 0.238. The SMILES string of the molecule is COc1ccc(Cl)cc1NC(=O)CSc1nnc(CCNC(=O)c2ccc(Cl)c(Cl)c2)n1C. The molecule has 0 unspecified atom stereocenters. The van der Waals surface area contributed by atoms with Crippen LogP contribution in [0.4, 0.5) is 5.69 Å². The Labute approximate surface area is 209 Å². The van der Waals surface area contributed by atoms with E-state index in [1.807, 2.05) is 0 Å². The topological polar surface area (TPSA) is 98.1 Å². The van der Waals surface area contributed by atoms with E-state index in [2.05, 4.69) is 20.8 Å². The molecule has 1 heterocycles. The predicted molar refractivity (Wildman–Crippen MR) is 131 cm³/mol. The largest absolute Gasteiger partial charge is 0.495 e. The zero-order chi connectivity index (χ0) is 24.0. The highest BCUT2D eigenvalue weighted by molar-refractivity contribution is 7.99. The van der Waals surface area contributed by atoms with E-state index < -0.39 is 0 Å². The number of methoxy groups -OCH3 is 1. The van der Waals surface area contributed by atoms with E-state index >= 15 is 0 Å². The Morgan fingerprint density at radius 2 is 1.88 bits per heavy atom. The maximum absolute atomic E-state index is 12.4. The Morgan fingerprint density at radius 3 is 2.61 bits per heavy atom. The van der Waals surface area contributed by atoms with Crippen LogP contribution in [-0.2, 0) is 18.3 Å². The number of benzene rings is 2. The van der Waals surface area contributed by atoms with Gasteiger partial charge in [-0.25, -0.2) is 0 Å². The number of hydrogen-bond acceptors (Lipinski definition) is 6. The van der Waals surface area contributed by atoms with Crippen molar-refractivity contribution in [2.75, 3.05) is 24.7 Å². The van der Waals surface area contributed by atoms with Crippen molar-refractivity contribution in [1.82, 2.24) is 20.1 Å². The first-order chi connectivity index (χ1) is 15.8. The fourth-order valence-corrected chi connectivity index (χ4v) is 4.01. The average molecular weight is 529 g/mol. The average Bonchev–Trinajstić information content (AvgIpc) is 3.13. The van der Waals surface area contributed by atoms with Crippen molar-refractivity contribution in [3.05, 3.63) is 62.9 Å². The molecule has 1 aromatic heterocycles. The molecule has 0 saturated carbocycles. The second kappa shape index (κ2) is 11.6. The van der Waals surface area contributed by atoms with Crippen molar-refractivity contribution in [2.45, 2.75) is 11.6 Å². The molecule has 8 nitrogen and oxygen atoms in total. The number of halogens is 3. The number of amides is 2. The molecule has 12 heteroatoms. The summed E-state index contributed by atoms with van der Waals surface area (Å²) in [5.74, 6) is 0.804. The Morgan fingerprint density at radius 1 is 1.09 bits per heavy atom. The summed E-state index contributed by atoms with van der Waals surface area (Å²) in [7, 11) is 3.32. The quantitative estimate of drug-likeness (QED) is 0.397. The van der Waals surface area contributed by atoms with Gasteiger partial charge in [0, 0.05) is 30.6 Å². The van der Waals surface area contributed by atoms with Gasteiger partial charge < -0.3 is 19.9 Å². The molecule has 2 amide bonds. The first-order valence-corrected chi connectivity index (χ1v) is 11.8. The Kier molecular flexibility index (Phi) is 8.85. The van der Waals surface area contributed by atoms with Gasteiger partial charge in [-0.2, -0.15) is 0 Å². The number of rotatable bonds is 9. The third-order valence-electron chi connectivity index (χ3n) is 4.51. The van der Waals surface area contributed by atoms with Gasteiger partial charge in [-0.3, -0.25) is 9.59 Å². The molecule has 0 radical (unpaired) electrons. The van der Waals surface area contributed by atoms with Crippen molar-refractivity contribution < 1.29 is 14.3 Å². The van der Waals surface area contributed by atoms with Crippen LogP contribution in [0.25, 0.3) is 0 Å². The maximum Gasteiger partial charge on any atom is 0.251 e. The number of carbonyl (C=O) groups is 2. The molecule has 174 valence electrons. The molecule has 0 aliphatic rings. The molecular formula is C21H20Cl3N5O3S. The molecule has 0 atom stereocenters. The molecule has 0 aliphatic heterocycles. The molecule has 0 aliphatic carbocycles. The van der Waals surface area contributed by atoms with Crippen molar-refractivity contribution in [3.63, 3.8) is 0 Å². The minimum atomic E-state index is -0.265. The second-order valence-electron chi connectivity index (χ2n) is 6.77. The number of carbonyl (C=O) groups excluding carboxylic acids is 2. The van der Waals surface area contributed by atoms with E-state index in [1.54, 1.807) is 41.9 Å². The first kappa shape index (κ1) is 25.2. The summed E-state index contributed by atoms with van der Waals surface area (Å²) in [4.78, 5) is 24.6. The second-order valence-corrected chi connectivity index (χ2v) is 8.97. The number of anilines is 1. The van der Waals surface area contributed by atoms with Gasteiger partial charge in [0.1, 0.15) is 11.6 Å². The van der Waals surface area contributed by atoms with Crippen LogP contribution in [0.2, 0.25) is 15.1 Å². The van der Waals surface area contributed by atoms with Gasteiger partial charge in [-0.15, -0.1) is 10.2 Å². The lowest BCUT2D eigenvalue weighted by Crippen LogP contribution is -2.26. The lowest BCUT2D eigenvalue weighted by atomic mass is 10.2. The molecule has 2 aromatic carbocycles. The van der Waals surface area contributed by atoms with Gasteiger partial charge >= 0.3 is 0 Å². The van der Waals surface area contributed by atoms with E-state index in [-0.39, 0.29) is 17.6 Å². The molecule has 0 spiro atoms. The van der Waals surface area contributed by atoms with Crippen molar-refractivity contribution in [3.8, 4) is 5.75 Å². The summed E-state index contributed by atoms with van der Waals surface area (Å²) in [5.41, 5.74) is 0.910. The van der Waals surface area contributed by atoms with Crippen LogP contribution in [0.15, 0.2) is 41.6 Å². The third-order valence-corrected chi connectivity index (χ3v) is 6.50. The summed E-state index contributed by atoms with van der Waals surface area (Å²) < 4.78 is 7.01. The van der Waals surface area contributed by atoms with Crippen molar-refractivity contribution in [1.29, 1.82) is 0 Å². The number of thioether (sulfide) groups is 1. The highest BCUT2D eigenvalue weighted by Crippen LogP contribution is 2.28. The molecule has 3 rings (SSSR count). The monoisotopic (exact) mass is 527 g/mol. The van der Waals surface area contributed by atoms with Gasteiger partial charge in [0.05, 0.1) is 28.6 Å². The molecular weight excluding hydrogens is 509 g/mol. The number of nitrogens with zero attached hydrogens (tertiary/aromatic N) is 3. The van der Waals surface area contributed by atoms with Crippen LogP contribution < -0.4 is 15.4 Å². The minimum absolute atomic E-state index is 0.121. The first-order valence-electron chi connectivity index (χ1n) is 9.66. The molecule has 0 fully saturated rings. The van der Waals surface area contributed by atoms with E-state index in [9.17, 15) is 9.59 Å². The van der Waals surface area contributed by atoms with Gasteiger partial charge in [0.15, 0.2) is 5.16 Å². The number of aromatic nitrogens is 3. The summed E-state index contributed by atoms with van der Waals surface area (Å²) in [5, 5.41) is 15.6.